The Labute approximate surface area is 182 Å². The number of allylic oxidation sites excluding steroid dienone is 1. The van der Waals surface area contributed by atoms with E-state index in [-0.39, 0.29) is 29.9 Å². The molecule has 0 saturated carbocycles. The topological polar surface area (TPSA) is 82.0 Å². The summed E-state index contributed by atoms with van der Waals surface area (Å²) >= 11 is 8.83. The Morgan fingerprint density at radius 1 is 1.28 bits per heavy atom. The van der Waals surface area contributed by atoms with Gasteiger partial charge in [-0.25, -0.2) is 0 Å². The SMILES string of the molecule is CSc1ccc([C@H]2CC(=O)NC(SCC(=O)Nc3ccccc3Cl)=C2C#N)cc1. The van der Waals surface area contributed by atoms with Gasteiger partial charge in [0.15, 0.2) is 0 Å². The summed E-state index contributed by atoms with van der Waals surface area (Å²) in [6, 6.07) is 17.0. The van der Waals surface area contributed by atoms with Gasteiger partial charge in [0.1, 0.15) is 0 Å². The highest BCUT2D eigenvalue weighted by Gasteiger charge is 2.29. The first-order chi connectivity index (χ1) is 14.0. The second-order valence-electron chi connectivity index (χ2n) is 6.25. The molecule has 0 saturated heterocycles. The molecule has 0 fully saturated rings. The van der Waals surface area contributed by atoms with Crippen LogP contribution in [0.15, 0.2) is 64.0 Å². The molecule has 148 valence electrons. The smallest absolute Gasteiger partial charge is 0.234 e. The van der Waals surface area contributed by atoms with Crippen LogP contribution in [0.1, 0.15) is 17.9 Å². The molecule has 0 unspecified atom stereocenters. The first kappa shape index (κ1) is 21.3. The molecule has 0 spiro atoms. The molecule has 3 rings (SSSR count). The molecule has 2 aromatic rings. The maximum Gasteiger partial charge on any atom is 0.234 e. The van der Waals surface area contributed by atoms with E-state index in [9.17, 15) is 14.9 Å². The number of anilines is 1. The number of carbonyl (C=O) groups excluding carboxylic acids is 2. The van der Waals surface area contributed by atoms with E-state index in [0.717, 1.165) is 22.2 Å². The summed E-state index contributed by atoms with van der Waals surface area (Å²) < 4.78 is 0. The molecular weight excluding hydrogens is 426 g/mol. The van der Waals surface area contributed by atoms with Crippen molar-refractivity contribution in [3.8, 4) is 6.07 Å². The van der Waals surface area contributed by atoms with Gasteiger partial charge < -0.3 is 10.6 Å². The van der Waals surface area contributed by atoms with E-state index in [2.05, 4.69) is 16.7 Å². The number of rotatable bonds is 6. The van der Waals surface area contributed by atoms with E-state index in [1.165, 1.54) is 0 Å². The van der Waals surface area contributed by atoms with Crippen LogP contribution < -0.4 is 10.6 Å². The fourth-order valence-corrected chi connectivity index (χ4v) is 4.41. The molecule has 29 heavy (non-hydrogen) atoms. The molecule has 2 N–H and O–H groups in total. The van der Waals surface area contributed by atoms with Crippen LogP contribution in [0.4, 0.5) is 5.69 Å². The molecule has 5 nitrogen and oxygen atoms in total. The second-order valence-corrected chi connectivity index (χ2v) is 8.52. The van der Waals surface area contributed by atoms with Crippen LogP contribution in [-0.4, -0.2) is 23.8 Å². The molecule has 0 bridgehead atoms. The van der Waals surface area contributed by atoms with Gasteiger partial charge in [0.05, 0.1) is 33.1 Å². The Morgan fingerprint density at radius 2 is 2.00 bits per heavy atom. The Balaban J connectivity index is 1.75. The lowest BCUT2D eigenvalue weighted by atomic mass is 9.87. The number of carbonyl (C=O) groups is 2. The highest BCUT2D eigenvalue weighted by Crippen LogP contribution is 2.36. The predicted octanol–water partition coefficient (Wildman–Crippen LogP) is 4.77. The summed E-state index contributed by atoms with van der Waals surface area (Å²) in [4.78, 5) is 25.6. The first-order valence-electron chi connectivity index (χ1n) is 8.77. The average Bonchev–Trinajstić information content (AvgIpc) is 2.73. The molecule has 1 atom stereocenters. The quantitative estimate of drug-likeness (QED) is 0.628. The molecule has 2 aromatic carbocycles. The van der Waals surface area contributed by atoms with Crippen LogP contribution in [0.3, 0.4) is 0 Å². The highest BCUT2D eigenvalue weighted by atomic mass is 35.5. The van der Waals surface area contributed by atoms with Crippen molar-refractivity contribution >= 4 is 52.6 Å². The van der Waals surface area contributed by atoms with Crippen molar-refractivity contribution in [3.05, 3.63) is 69.7 Å². The molecule has 8 heteroatoms. The van der Waals surface area contributed by atoms with Crippen molar-refractivity contribution in [2.24, 2.45) is 0 Å². The van der Waals surface area contributed by atoms with Crippen LogP contribution in [0.2, 0.25) is 5.02 Å². The van der Waals surface area contributed by atoms with Crippen LogP contribution in [0, 0.1) is 11.3 Å². The molecule has 1 heterocycles. The van der Waals surface area contributed by atoms with Gasteiger partial charge in [0.25, 0.3) is 0 Å². The lowest BCUT2D eigenvalue weighted by molar-refractivity contribution is -0.121. The van der Waals surface area contributed by atoms with Crippen LogP contribution >= 0.6 is 35.1 Å². The van der Waals surface area contributed by atoms with Crippen molar-refractivity contribution in [3.63, 3.8) is 0 Å². The minimum Gasteiger partial charge on any atom is -0.324 e. The maximum absolute atomic E-state index is 12.3. The fourth-order valence-electron chi connectivity index (χ4n) is 2.94. The number of halogens is 1. The lowest BCUT2D eigenvalue weighted by Crippen LogP contribution is -2.31. The van der Waals surface area contributed by atoms with Gasteiger partial charge in [0.2, 0.25) is 11.8 Å². The van der Waals surface area contributed by atoms with Crippen molar-refractivity contribution in [2.45, 2.75) is 17.2 Å². The van der Waals surface area contributed by atoms with Crippen LogP contribution in [-0.2, 0) is 9.59 Å². The molecule has 2 amide bonds. The van der Waals surface area contributed by atoms with Gasteiger partial charge in [-0.1, -0.05) is 47.6 Å². The number of nitrogens with one attached hydrogen (secondary N) is 2. The average molecular weight is 444 g/mol. The third-order valence-corrected chi connectivity index (χ3v) is 6.46. The Morgan fingerprint density at radius 3 is 2.66 bits per heavy atom. The fraction of sp³-hybridized carbons (Fsp3) is 0.190. The van der Waals surface area contributed by atoms with E-state index in [0.29, 0.717) is 21.3 Å². The third-order valence-electron chi connectivity index (χ3n) is 4.37. The zero-order valence-corrected chi connectivity index (χ0v) is 18.0. The number of nitrogens with zero attached hydrogens (tertiary/aromatic N) is 1. The Hall–Kier alpha value is -2.40. The summed E-state index contributed by atoms with van der Waals surface area (Å²) in [5, 5.41) is 16.1. The molecule has 0 aromatic heterocycles. The summed E-state index contributed by atoms with van der Waals surface area (Å²) in [6.45, 7) is 0. The van der Waals surface area contributed by atoms with Gasteiger partial charge in [-0.2, -0.15) is 5.26 Å². The number of benzene rings is 2. The van der Waals surface area contributed by atoms with Crippen molar-refractivity contribution in [1.29, 1.82) is 5.26 Å². The lowest BCUT2D eigenvalue weighted by Gasteiger charge is -2.25. The van der Waals surface area contributed by atoms with Gasteiger partial charge in [-0.05, 0) is 36.1 Å². The van der Waals surface area contributed by atoms with E-state index in [1.807, 2.05) is 30.5 Å². The number of hydrogen-bond acceptors (Lipinski definition) is 5. The van der Waals surface area contributed by atoms with Crippen molar-refractivity contribution < 1.29 is 9.59 Å². The predicted molar refractivity (Wildman–Crippen MR) is 119 cm³/mol. The van der Waals surface area contributed by atoms with E-state index >= 15 is 0 Å². The largest absolute Gasteiger partial charge is 0.324 e. The summed E-state index contributed by atoms with van der Waals surface area (Å²) in [6.07, 6.45) is 2.20. The number of para-hydroxylation sites is 1. The van der Waals surface area contributed by atoms with Gasteiger partial charge in [0, 0.05) is 17.2 Å². The van der Waals surface area contributed by atoms with Gasteiger partial charge >= 0.3 is 0 Å². The monoisotopic (exact) mass is 443 g/mol. The molecule has 1 aliphatic heterocycles. The minimum atomic E-state index is -0.321. The number of nitriles is 1. The van der Waals surface area contributed by atoms with Gasteiger partial charge in [-0.3, -0.25) is 9.59 Å². The maximum atomic E-state index is 12.3. The zero-order chi connectivity index (χ0) is 20.8. The summed E-state index contributed by atoms with van der Waals surface area (Å²) in [5.74, 6) is -0.714. The Bertz CT molecular complexity index is 1000. The van der Waals surface area contributed by atoms with Crippen molar-refractivity contribution in [2.75, 3.05) is 17.3 Å². The zero-order valence-electron chi connectivity index (χ0n) is 15.6. The van der Waals surface area contributed by atoms with Gasteiger partial charge in [-0.15, -0.1) is 11.8 Å². The summed E-state index contributed by atoms with van der Waals surface area (Å²) in [5.41, 5.74) is 1.90. The van der Waals surface area contributed by atoms with Crippen LogP contribution in [0.25, 0.3) is 0 Å². The second kappa shape index (κ2) is 9.88. The molecular formula is C21H18ClN3O2S2. The standard InChI is InChI=1S/C21H18ClN3O2S2/c1-28-14-8-6-13(7-9-14)15-10-19(26)25-21(16(15)11-23)29-12-20(27)24-18-5-3-2-4-17(18)22/h2-9,15H,10,12H2,1H3,(H,24,27)(H,25,26)/t15-/m1/s1. The highest BCUT2D eigenvalue weighted by molar-refractivity contribution is 8.03. The number of thioether (sulfide) groups is 2. The number of hydrogen-bond donors (Lipinski definition) is 2. The molecule has 0 aliphatic carbocycles. The van der Waals surface area contributed by atoms with E-state index in [1.54, 1.807) is 36.0 Å². The van der Waals surface area contributed by atoms with Crippen molar-refractivity contribution in [1.82, 2.24) is 5.32 Å². The molecule has 0 radical (unpaired) electrons. The summed E-state index contributed by atoms with van der Waals surface area (Å²) in [7, 11) is 0. The number of amides is 2. The first-order valence-corrected chi connectivity index (χ1v) is 11.4. The minimum absolute atomic E-state index is 0.0458. The van der Waals surface area contributed by atoms with E-state index < -0.39 is 0 Å². The Kier molecular flexibility index (Phi) is 7.26. The molecule has 1 aliphatic rings. The van der Waals surface area contributed by atoms with Crippen LogP contribution in [0.5, 0.6) is 0 Å². The third kappa shape index (κ3) is 5.36. The van der Waals surface area contributed by atoms with E-state index in [4.69, 9.17) is 11.6 Å². The normalized spacial score (nSPS) is 16.2.